The largest absolute Gasteiger partial charge is 0.440 e. The van der Waals surface area contributed by atoms with E-state index in [9.17, 15) is 9.18 Å². The third kappa shape index (κ3) is 3.51. The molecule has 2 aromatic carbocycles. The average Bonchev–Trinajstić information content (AvgIpc) is 3.54. The third-order valence-electron chi connectivity index (χ3n) is 6.27. The van der Waals surface area contributed by atoms with Gasteiger partial charge < -0.3 is 9.32 Å². The van der Waals surface area contributed by atoms with E-state index in [1.165, 1.54) is 23.5 Å². The highest BCUT2D eigenvalue weighted by Crippen LogP contribution is 2.34. The van der Waals surface area contributed by atoms with Crippen LogP contribution in [0, 0.1) is 12.7 Å². The van der Waals surface area contributed by atoms with Crippen molar-refractivity contribution >= 4 is 38.6 Å². The fraction of sp³-hybridized carbons (Fsp3) is 0.240. The maximum atomic E-state index is 13.3. The van der Waals surface area contributed by atoms with Crippen molar-refractivity contribution in [2.45, 2.75) is 25.7 Å². The monoisotopic (exact) mass is 460 g/mol. The molecule has 33 heavy (non-hydrogen) atoms. The van der Waals surface area contributed by atoms with E-state index < -0.39 is 0 Å². The number of piperidine rings is 1. The van der Waals surface area contributed by atoms with E-state index in [2.05, 4.69) is 10.1 Å². The Morgan fingerprint density at radius 3 is 2.64 bits per heavy atom. The molecule has 1 aliphatic heterocycles. The summed E-state index contributed by atoms with van der Waals surface area (Å²) in [7, 11) is 0. The zero-order valence-electron chi connectivity index (χ0n) is 18.0. The number of hydrogen-bond acceptors (Lipinski definition) is 5. The molecule has 0 atom stereocenters. The first-order chi connectivity index (χ1) is 16.1. The SMILES string of the molecule is Cc1nn(-c2ccc(F)cc2)c2sc(C(=O)N3CCC(c4nc5ccccc5o4)CC3)cc12. The minimum atomic E-state index is -0.290. The van der Waals surface area contributed by atoms with Gasteiger partial charge in [-0.2, -0.15) is 5.10 Å². The summed E-state index contributed by atoms with van der Waals surface area (Å²) in [5.41, 5.74) is 3.30. The minimum Gasteiger partial charge on any atom is -0.440 e. The molecule has 0 radical (unpaired) electrons. The van der Waals surface area contributed by atoms with Crippen LogP contribution >= 0.6 is 11.3 Å². The molecule has 0 saturated carbocycles. The van der Waals surface area contributed by atoms with Gasteiger partial charge in [-0.25, -0.2) is 14.1 Å². The first-order valence-electron chi connectivity index (χ1n) is 11.0. The maximum Gasteiger partial charge on any atom is 0.264 e. The van der Waals surface area contributed by atoms with Crippen LogP contribution in [-0.4, -0.2) is 38.7 Å². The number of hydrogen-bond donors (Lipinski definition) is 0. The molecule has 0 bridgehead atoms. The lowest BCUT2D eigenvalue weighted by Crippen LogP contribution is -2.37. The van der Waals surface area contributed by atoms with Gasteiger partial charge in [0.15, 0.2) is 11.5 Å². The molecule has 1 aliphatic rings. The summed E-state index contributed by atoms with van der Waals surface area (Å²) in [6.07, 6.45) is 1.65. The number of carbonyl (C=O) groups excluding carboxylic acids is 1. The zero-order valence-corrected chi connectivity index (χ0v) is 18.8. The summed E-state index contributed by atoms with van der Waals surface area (Å²) in [6, 6.07) is 15.9. The summed E-state index contributed by atoms with van der Waals surface area (Å²) < 4.78 is 21.1. The third-order valence-corrected chi connectivity index (χ3v) is 7.37. The van der Waals surface area contributed by atoms with Crippen molar-refractivity contribution in [2.24, 2.45) is 0 Å². The topological polar surface area (TPSA) is 64.2 Å². The Bertz CT molecular complexity index is 1440. The van der Waals surface area contributed by atoms with Gasteiger partial charge in [0.05, 0.1) is 16.3 Å². The minimum absolute atomic E-state index is 0.0391. The highest BCUT2D eigenvalue weighted by atomic mass is 32.1. The van der Waals surface area contributed by atoms with Gasteiger partial charge in [-0.1, -0.05) is 12.1 Å². The van der Waals surface area contributed by atoms with E-state index in [0.29, 0.717) is 18.0 Å². The Morgan fingerprint density at radius 2 is 1.88 bits per heavy atom. The van der Waals surface area contributed by atoms with Gasteiger partial charge in [0.2, 0.25) is 0 Å². The average molecular weight is 461 g/mol. The van der Waals surface area contributed by atoms with Crippen molar-refractivity contribution in [2.75, 3.05) is 13.1 Å². The Hall–Kier alpha value is -3.52. The number of thiophene rings is 1. The van der Waals surface area contributed by atoms with Crippen molar-refractivity contribution in [1.29, 1.82) is 0 Å². The number of aryl methyl sites for hydroxylation is 1. The van der Waals surface area contributed by atoms with Crippen LogP contribution in [0.5, 0.6) is 0 Å². The number of aromatic nitrogens is 3. The molecule has 1 fully saturated rings. The highest BCUT2D eigenvalue weighted by Gasteiger charge is 2.29. The number of likely N-dealkylation sites (tertiary alicyclic amines) is 1. The molecule has 6 nitrogen and oxygen atoms in total. The molecule has 1 amide bonds. The van der Waals surface area contributed by atoms with E-state index in [0.717, 1.165) is 51.4 Å². The van der Waals surface area contributed by atoms with Gasteiger partial charge in [-0.05, 0) is 62.2 Å². The van der Waals surface area contributed by atoms with Crippen LogP contribution in [-0.2, 0) is 0 Å². The molecule has 4 heterocycles. The number of halogens is 1. The molecular weight excluding hydrogens is 439 g/mol. The molecule has 8 heteroatoms. The molecule has 0 aliphatic carbocycles. The molecule has 3 aromatic heterocycles. The summed E-state index contributed by atoms with van der Waals surface area (Å²) in [4.78, 5) is 21.4. The van der Waals surface area contributed by atoms with Crippen molar-refractivity contribution in [1.82, 2.24) is 19.7 Å². The lowest BCUT2D eigenvalue weighted by atomic mass is 9.96. The second-order valence-electron chi connectivity index (χ2n) is 8.39. The lowest BCUT2D eigenvalue weighted by Gasteiger charge is -2.30. The Morgan fingerprint density at radius 1 is 1.12 bits per heavy atom. The predicted molar refractivity (Wildman–Crippen MR) is 126 cm³/mol. The van der Waals surface area contributed by atoms with Gasteiger partial charge in [0.25, 0.3) is 5.91 Å². The first-order valence-corrected chi connectivity index (χ1v) is 11.8. The van der Waals surface area contributed by atoms with Gasteiger partial charge in [0, 0.05) is 24.4 Å². The number of benzene rings is 2. The second-order valence-corrected chi connectivity index (χ2v) is 9.42. The smallest absolute Gasteiger partial charge is 0.264 e. The van der Waals surface area contributed by atoms with Crippen LogP contribution in [0.3, 0.4) is 0 Å². The fourth-order valence-corrected chi connectivity index (χ4v) is 5.61. The number of nitrogens with zero attached hydrogens (tertiary/aromatic N) is 4. The van der Waals surface area contributed by atoms with E-state index >= 15 is 0 Å². The van der Waals surface area contributed by atoms with E-state index in [1.54, 1.807) is 16.8 Å². The van der Waals surface area contributed by atoms with Gasteiger partial charge in [0.1, 0.15) is 16.2 Å². The number of para-hydroxylation sites is 2. The van der Waals surface area contributed by atoms with Crippen molar-refractivity contribution in [3.8, 4) is 5.69 Å². The maximum absolute atomic E-state index is 13.3. The number of carbonyl (C=O) groups is 1. The summed E-state index contributed by atoms with van der Waals surface area (Å²) in [5, 5.41) is 5.54. The van der Waals surface area contributed by atoms with Gasteiger partial charge in [-0.15, -0.1) is 11.3 Å². The van der Waals surface area contributed by atoms with Crippen LogP contribution in [0.25, 0.3) is 27.0 Å². The number of oxazole rings is 1. The highest BCUT2D eigenvalue weighted by molar-refractivity contribution is 7.20. The Balaban J connectivity index is 1.21. The summed E-state index contributed by atoms with van der Waals surface area (Å²) in [5.74, 6) is 0.734. The standard InChI is InChI=1S/C25H21FN4O2S/c1-15-19-14-22(33-25(19)30(28-15)18-8-6-17(26)7-9-18)24(31)29-12-10-16(11-13-29)23-27-20-4-2-3-5-21(20)32-23/h2-9,14,16H,10-13H2,1H3. The number of rotatable bonds is 3. The lowest BCUT2D eigenvalue weighted by molar-refractivity contribution is 0.0711. The van der Waals surface area contributed by atoms with E-state index in [-0.39, 0.29) is 17.6 Å². The van der Waals surface area contributed by atoms with Crippen LogP contribution < -0.4 is 0 Å². The molecular formula is C25H21FN4O2S. The normalized spacial score (nSPS) is 15.0. The van der Waals surface area contributed by atoms with Crippen LogP contribution in [0.2, 0.25) is 0 Å². The quantitative estimate of drug-likeness (QED) is 0.347. The Labute approximate surface area is 193 Å². The van der Waals surface area contributed by atoms with Crippen molar-refractivity contribution < 1.29 is 13.6 Å². The molecule has 1 saturated heterocycles. The molecule has 0 spiro atoms. The molecule has 166 valence electrons. The Kier molecular flexibility index (Phi) is 4.76. The fourth-order valence-electron chi connectivity index (χ4n) is 4.46. The molecule has 6 rings (SSSR count). The molecule has 0 unspecified atom stereocenters. The molecule has 5 aromatic rings. The number of amides is 1. The van der Waals surface area contributed by atoms with Crippen LogP contribution in [0.1, 0.15) is 40.0 Å². The van der Waals surface area contributed by atoms with Crippen molar-refractivity contribution in [3.05, 3.63) is 76.9 Å². The van der Waals surface area contributed by atoms with Gasteiger partial charge >= 0.3 is 0 Å². The number of fused-ring (bicyclic) bond motifs is 2. The van der Waals surface area contributed by atoms with Crippen LogP contribution in [0.4, 0.5) is 4.39 Å². The van der Waals surface area contributed by atoms with Crippen molar-refractivity contribution in [3.63, 3.8) is 0 Å². The van der Waals surface area contributed by atoms with E-state index in [1.807, 2.05) is 42.2 Å². The van der Waals surface area contributed by atoms with Crippen LogP contribution in [0.15, 0.2) is 59.0 Å². The zero-order chi connectivity index (χ0) is 22.5. The van der Waals surface area contributed by atoms with E-state index in [4.69, 9.17) is 4.42 Å². The summed E-state index contributed by atoms with van der Waals surface area (Å²) in [6.45, 7) is 3.26. The van der Waals surface area contributed by atoms with Gasteiger partial charge in [-0.3, -0.25) is 4.79 Å². The molecule has 0 N–H and O–H groups in total. The summed E-state index contributed by atoms with van der Waals surface area (Å²) >= 11 is 1.43. The first kappa shape index (κ1) is 20.1. The second kappa shape index (κ2) is 7.81. The predicted octanol–water partition coefficient (Wildman–Crippen LogP) is 5.70.